The van der Waals surface area contributed by atoms with E-state index in [9.17, 15) is 26.0 Å². The summed E-state index contributed by atoms with van der Waals surface area (Å²) in [7, 11) is -3.69. The molecule has 0 saturated carbocycles. The molecule has 0 fully saturated rings. The van der Waals surface area contributed by atoms with E-state index in [2.05, 4.69) is 15.9 Å². The number of nitrogens with two attached hydrogens (primary N) is 1. The van der Waals surface area contributed by atoms with E-state index in [1.54, 1.807) is 0 Å². The molecule has 0 radical (unpaired) electrons. The Balaban J connectivity index is 3.25. The number of alkyl halides is 3. The second-order valence-corrected chi connectivity index (χ2v) is 6.55. The van der Waals surface area contributed by atoms with Crippen LogP contribution >= 0.6 is 15.9 Å². The first-order valence-electron chi connectivity index (χ1n) is 4.73. The maximum Gasteiger partial charge on any atom is 0.402 e. The van der Waals surface area contributed by atoms with Crippen molar-refractivity contribution in [3.63, 3.8) is 0 Å². The fourth-order valence-electron chi connectivity index (χ4n) is 1.27. The van der Waals surface area contributed by atoms with E-state index in [1.165, 1.54) is 0 Å². The zero-order chi connectivity index (χ0) is 15.0. The van der Waals surface area contributed by atoms with Crippen molar-refractivity contribution < 1.29 is 26.0 Å². The van der Waals surface area contributed by atoms with Crippen molar-refractivity contribution in [1.29, 1.82) is 0 Å². The minimum absolute atomic E-state index is 0.100. The molecule has 19 heavy (non-hydrogen) atoms. The summed E-state index contributed by atoms with van der Waals surface area (Å²) in [6.07, 6.45) is -4.69. The predicted octanol–water partition coefficient (Wildman–Crippen LogP) is 2.35. The Hall–Kier alpha value is -0.870. The first-order valence-corrected chi connectivity index (χ1v) is 6.96. The van der Waals surface area contributed by atoms with Gasteiger partial charge >= 0.3 is 6.18 Å². The van der Waals surface area contributed by atoms with Gasteiger partial charge in [0.2, 0.25) is 10.0 Å². The normalized spacial score (nSPS) is 13.0. The lowest BCUT2D eigenvalue weighted by atomic mass is 10.3. The van der Waals surface area contributed by atoms with Gasteiger partial charge in [-0.15, -0.1) is 0 Å². The molecule has 2 N–H and O–H groups in total. The first-order chi connectivity index (χ1) is 8.45. The van der Waals surface area contributed by atoms with E-state index < -0.39 is 39.1 Å². The summed E-state index contributed by atoms with van der Waals surface area (Å²) in [4.78, 5) is -0.590. The van der Waals surface area contributed by atoms with Crippen LogP contribution in [0.15, 0.2) is 21.5 Å². The molecule has 0 atom stereocenters. The SMILES string of the molecule is CN(CC(F)(F)F)S(=O)(=O)c1cc(Br)c(F)cc1N. The van der Waals surface area contributed by atoms with Crippen LogP contribution in [0.3, 0.4) is 0 Å². The van der Waals surface area contributed by atoms with Crippen molar-refractivity contribution in [3.05, 3.63) is 22.4 Å². The van der Waals surface area contributed by atoms with E-state index in [1.807, 2.05) is 0 Å². The van der Waals surface area contributed by atoms with Gasteiger partial charge in [0.25, 0.3) is 0 Å². The van der Waals surface area contributed by atoms with Crippen molar-refractivity contribution >= 4 is 31.6 Å². The Bertz CT molecular complexity index is 589. The molecule has 1 rings (SSSR count). The van der Waals surface area contributed by atoms with Gasteiger partial charge in [-0.3, -0.25) is 0 Å². The van der Waals surface area contributed by atoms with E-state index in [0.717, 1.165) is 19.2 Å². The van der Waals surface area contributed by atoms with Crippen LogP contribution in [0.2, 0.25) is 0 Å². The highest BCUT2D eigenvalue weighted by atomic mass is 79.9. The number of halogens is 5. The Morgan fingerprint density at radius 2 is 1.89 bits per heavy atom. The number of benzene rings is 1. The van der Waals surface area contributed by atoms with Crippen LogP contribution in [-0.4, -0.2) is 32.5 Å². The van der Waals surface area contributed by atoms with Gasteiger partial charge in [-0.05, 0) is 28.1 Å². The molecule has 1 aromatic rings. The number of nitrogens with zero attached hydrogens (tertiary/aromatic N) is 1. The number of anilines is 1. The van der Waals surface area contributed by atoms with Crippen LogP contribution in [0.4, 0.5) is 23.2 Å². The maximum absolute atomic E-state index is 13.1. The van der Waals surface area contributed by atoms with E-state index >= 15 is 0 Å². The van der Waals surface area contributed by atoms with Gasteiger partial charge in [-0.1, -0.05) is 0 Å². The van der Waals surface area contributed by atoms with Gasteiger partial charge in [0, 0.05) is 7.05 Å². The molecule has 0 aromatic heterocycles. The Morgan fingerprint density at radius 1 is 1.37 bits per heavy atom. The van der Waals surface area contributed by atoms with Crippen LogP contribution in [-0.2, 0) is 10.0 Å². The third-order valence-electron chi connectivity index (χ3n) is 2.14. The largest absolute Gasteiger partial charge is 0.402 e. The lowest BCUT2D eigenvalue weighted by Gasteiger charge is -2.19. The minimum Gasteiger partial charge on any atom is -0.398 e. The van der Waals surface area contributed by atoms with Crippen LogP contribution in [0.1, 0.15) is 0 Å². The van der Waals surface area contributed by atoms with Gasteiger partial charge < -0.3 is 5.73 Å². The van der Waals surface area contributed by atoms with Crippen LogP contribution in [0.5, 0.6) is 0 Å². The van der Waals surface area contributed by atoms with Crippen molar-refractivity contribution in [3.8, 4) is 0 Å². The fourth-order valence-corrected chi connectivity index (χ4v) is 3.04. The molecule has 108 valence electrons. The molecular weight excluding hydrogens is 356 g/mol. The summed E-state index contributed by atoms with van der Waals surface area (Å²) in [5, 5.41) is 0. The Morgan fingerprint density at radius 3 is 2.37 bits per heavy atom. The molecule has 0 aliphatic carbocycles. The molecule has 0 spiro atoms. The van der Waals surface area contributed by atoms with Gasteiger partial charge in [0.1, 0.15) is 17.3 Å². The molecule has 0 saturated heterocycles. The van der Waals surface area contributed by atoms with Crippen molar-refractivity contribution in [2.45, 2.75) is 11.1 Å². The molecule has 0 heterocycles. The van der Waals surface area contributed by atoms with E-state index in [-0.39, 0.29) is 8.78 Å². The molecule has 0 aliphatic heterocycles. The summed E-state index contributed by atoms with van der Waals surface area (Å²) >= 11 is 2.75. The number of hydrogen-bond acceptors (Lipinski definition) is 3. The monoisotopic (exact) mass is 364 g/mol. The lowest BCUT2D eigenvalue weighted by Crippen LogP contribution is -2.36. The number of hydrogen-bond donors (Lipinski definition) is 1. The van der Waals surface area contributed by atoms with Gasteiger partial charge in [-0.25, -0.2) is 12.8 Å². The predicted molar refractivity (Wildman–Crippen MR) is 64.4 cm³/mol. The van der Waals surface area contributed by atoms with Gasteiger partial charge in [0.15, 0.2) is 0 Å². The highest BCUT2D eigenvalue weighted by Crippen LogP contribution is 2.29. The molecule has 10 heteroatoms. The molecular formula is C9H9BrF4N2O2S. The molecule has 4 nitrogen and oxygen atoms in total. The highest BCUT2D eigenvalue weighted by Gasteiger charge is 2.35. The Labute approximate surface area is 115 Å². The lowest BCUT2D eigenvalue weighted by molar-refractivity contribution is -0.134. The maximum atomic E-state index is 13.1. The van der Waals surface area contributed by atoms with E-state index in [4.69, 9.17) is 5.73 Å². The third-order valence-corrected chi connectivity index (χ3v) is 4.61. The fraction of sp³-hybridized carbons (Fsp3) is 0.333. The third kappa shape index (κ3) is 3.80. The van der Waals surface area contributed by atoms with E-state index in [0.29, 0.717) is 0 Å². The number of nitrogen functional groups attached to an aromatic ring is 1. The highest BCUT2D eigenvalue weighted by molar-refractivity contribution is 9.10. The van der Waals surface area contributed by atoms with Gasteiger partial charge in [0.05, 0.1) is 10.2 Å². The van der Waals surface area contributed by atoms with Crippen molar-refractivity contribution in [2.24, 2.45) is 0 Å². The summed E-state index contributed by atoms with van der Waals surface area (Å²) in [6.45, 7) is -1.66. The van der Waals surface area contributed by atoms with Crippen molar-refractivity contribution in [2.75, 3.05) is 19.3 Å². The zero-order valence-electron chi connectivity index (χ0n) is 9.50. The molecule has 1 aromatic carbocycles. The molecule has 0 aliphatic rings. The quantitative estimate of drug-likeness (QED) is 0.661. The van der Waals surface area contributed by atoms with Crippen molar-refractivity contribution in [1.82, 2.24) is 4.31 Å². The summed E-state index contributed by atoms with van der Waals surface area (Å²) in [5.74, 6) is -0.810. The second-order valence-electron chi connectivity index (χ2n) is 3.68. The second kappa shape index (κ2) is 5.25. The average molecular weight is 365 g/mol. The van der Waals surface area contributed by atoms with Crippen LogP contribution in [0, 0.1) is 5.82 Å². The number of rotatable bonds is 3. The van der Waals surface area contributed by atoms with Gasteiger partial charge in [-0.2, -0.15) is 17.5 Å². The molecule has 0 amide bonds. The summed E-state index contributed by atoms with van der Waals surface area (Å²) in [6, 6.07) is 1.55. The molecule has 0 bridgehead atoms. The summed E-state index contributed by atoms with van der Waals surface area (Å²) in [5.41, 5.74) is 4.87. The smallest absolute Gasteiger partial charge is 0.398 e. The average Bonchev–Trinajstić information content (AvgIpc) is 2.20. The van der Waals surface area contributed by atoms with Crippen LogP contribution in [0.25, 0.3) is 0 Å². The molecule has 0 unspecified atom stereocenters. The van der Waals surface area contributed by atoms with Crippen LogP contribution < -0.4 is 5.73 Å². The summed E-state index contributed by atoms with van der Waals surface area (Å²) < 4.78 is 73.4. The topological polar surface area (TPSA) is 63.4 Å². The first kappa shape index (κ1) is 16.2. The standard InChI is InChI=1S/C9H9BrF4N2O2S/c1-16(4-9(12,13)14)19(17,18)8-2-5(10)6(11)3-7(8)15/h2-3H,4,15H2,1H3. The zero-order valence-corrected chi connectivity index (χ0v) is 11.9. The minimum atomic E-state index is -4.69. The number of sulfonamides is 1. The Kier molecular flexibility index (Phi) is 4.47.